The summed E-state index contributed by atoms with van der Waals surface area (Å²) in [4.78, 5) is 25.4. The molecule has 1 amide bonds. The normalized spacial score (nSPS) is 21.9. The Morgan fingerprint density at radius 2 is 1.83 bits per heavy atom. The third kappa shape index (κ3) is 2.37. The Balaban J connectivity index is 2.04. The summed E-state index contributed by atoms with van der Waals surface area (Å²) < 4.78 is 5.13. The molecule has 0 N–H and O–H groups in total. The zero-order chi connectivity index (χ0) is 13.3. The lowest BCUT2D eigenvalue weighted by Gasteiger charge is -2.07. The summed E-state index contributed by atoms with van der Waals surface area (Å²) in [6.07, 6.45) is -0.154. The molecule has 2 atom stereocenters. The minimum absolute atomic E-state index is 0.0797. The zero-order valence-corrected chi connectivity index (χ0v) is 10.8. The van der Waals surface area contributed by atoms with E-state index in [4.69, 9.17) is 4.74 Å². The maximum absolute atomic E-state index is 12.1. The first-order chi connectivity index (χ1) is 8.52. The number of amides is 1. The van der Waals surface area contributed by atoms with Gasteiger partial charge in [0.1, 0.15) is 0 Å². The molecule has 4 nitrogen and oxygen atoms in total. The van der Waals surface area contributed by atoms with Crippen molar-refractivity contribution in [1.29, 1.82) is 0 Å². The van der Waals surface area contributed by atoms with Crippen LogP contribution in [0.5, 0.6) is 0 Å². The van der Waals surface area contributed by atoms with E-state index >= 15 is 0 Å². The quantitative estimate of drug-likeness (QED) is 0.605. The van der Waals surface area contributed by atoms with Crippen LogP contribution in [-0.4, -0.2) is 35.0 Å². The highest BCUT2D eigenvalue weighted by molar-refractivity contribution is 6.00. The van der Waals surface area contributed by atoms with Gasteiger partial charge < -0.3 is 9.64 Å². The van der Waals surface area contributed by atoms with Crippen molar-refractivity contribution in [1.82, 2.24) is 4.90 Å². The first kappa shape index (κ1) is 12.6. The van der Waals surface area contributed by atoms with E-state index in [-0.39, 0.29) is 24.0 Å². The van der Waals surface area contributed by atoms with E-state index < -0.39 is 6.04 Å². The summed E-state index contributed by atoms with van der Waals surface area (Å²) in [5.41, 5.74) is 0.601. The van der Waals surface area contributed by atoms with Crippen LogP contribution in [0.4, 0.5) is 0 Å². The SMILES string of the molecule is CC(C)OC(=O)[C@@H]1[C@H](C)N1C(=O)c1ccccc1. The fraction of sp³-hybridized carbons (Fsp3) is 0.429. The maximum Gasteiger partial charge on any atom is 0.331 e. The molecule has 0 aliphatic carbocycles. The molecule has 1 heterocycles. The van der Waals surface area contributed by atoms with E-state index in [0.29, 0.717) is 5.56 Å². The first-order valence-corrected chi connectivity index (χ1v) is 6.10. The van der Waals surface area contributed by atoms with Gasteiger partial charge in [-0.15, -0.1) is 0 Å². The fourth-order valence-corrected chi connectivity index (χ4v) is 2.00. The molecular weight excluding hydrogens is 230 g/mol. The van der Waals surface area contributed by atoms with Crippen LogP contribution in [0.15, 0.2) is 30.3 Å². The second-order valence-electron chi connectivity index (χ2n) is 4.75. The molecule has 96 valence electrons. The van der Waals surface area contributed by atoms with E-state index in [2.05, 4.69) is 0 Å². The van der Waals surface area contributed by atoms with Gasteiger partial charge >= 0.3 is 5.97 Å². The minimum atomic E-state index is -0.430. The Bertz CT molecular complexity index is 455. The largest absolute Gasteiger partial charge is 0.461 e. The van der Waals surface area contributed by atoms with Crippen molar-refractivity contribution < 1.29 is 14.3 Å². The topological polar surface area (TPSA) is 46.4 Å². The molecule has 1 aliphatic rings. The van der Waals surface area contributed by atoms with Crippen LogP contribution in [0.3, 0.4) is 0 Å². The number of benzene rings is 1. The summed E-state index contributed by atoms with van der Waals surface area (Å²) in [5, 5.41) is 0. The summed E-state index contributed by atoms with van der Waals surface area (Å²) in [6.45, 7) is 5.45. The van der Waals surface area contributed by atoms with Crippen LogP contribution in [0, 0.1) is 0 Å². The molecular formula is C14H17NO3. The molecule has 1 aromatic rings. The van der Waals surface area contributed by atoms with Gasteiger partial charge in [0.15, 0.2) is 6.04 Å². The van der Waals surface area contributed by atoms with Crippen molar-refractivity contribution in [2.45, 2.75) is 39.0 Å². The highest BCUT2D eigenvalue weighted by atomic mass is 16.5. The Hall–Kier alpha value is -1.84. The molecule has 18 heavy (non-hydrogen) atoms. The monoisotopic (exact) mass is 247 g/mol. The summed E-state index contributed by atoms with van der Waals surface area (Å²) in [7, 11) is 0. The predicted octanol–water partition coefficient (Wildman–Crippen LogP) is 1.85. The lowest BCUT2D eigenvalue weighted by molar-refractivity contribution is -0.147. The fourth-order valence-electron chi connectivity index (χ4n) is 2.00. The molecule has 1 aromatic carbocycles. The number of rotatable bonds is 3. The molecule has 0 bridgehead atoms. The first-order valence-electron chi connectivity index (χ1n) is 6.10. The lowest BCUT2D eigenvalue weighted by atomic mass is 10.2. The third-order valence-electron chi connectivity index (χ3n) is 2.95. The summed E-state index contributed by atoms with van der Waals surface area (Å²) in [5.74, 6) is -0.435. The van der Waals surface area contributed by atoms with Crippen LogP contribution in [0.1, 0.15) is 31.1 Å². The van der Waals surface area contributed by atoms with E-state index in [1.54, 1.807) is 30.9 Å². The zero-order valence-electron chi connectivity index (χ0n) is 10.8. The van der Waals surface area contributed by atoms with Gasteiger partial charge in [0.05, 0.1) is 12.1 Å². The number of carbonyl (C=O) groups excluding carboxylic acids is 2. The Morgan fingerprint density at radius 3 is 2.39 bits per heavy atom. The molecule has 0 saturated carbocycles. The number of hydrogen-bond donors (Lipinski definition) is 0. The predicted molar refractivity (Wildman–Crippen MR) is 67.1 cm³/mol. The van der Waals surface area contributed by atoms with Gasteiger partial charge in [-0.3, -0.25) is 4.79 Å². The molecule has 0 radical (unpaired) electrons. The van der Waals surface area contributed by atoms with E-state index in [9.17, 15) is 9.59 Å². The maximum atomic E-state index is 12.1. The van der Waals surface area contributed by atoms with Gasteiger partial charge in [0, 0.05) is 5.56 Å². The number of nitrogens with zero attached hydrogens (tertiary/aromatic N) is 1. The molecule has 0 spiro atoms. The van der Waals surface area contributed by atoms with Crippen molar-refractivity contribution in [2.75, 3.05) is 0 Å². The molecule has 0 aromatic heterocycles. The van der Waals surface area contributed by atoms with Crippen LogP contribution < -0.4 is 0 Å². The van der Waals surface area contributed by atoms with Crippen molar-refractivity contribution in [3.8, 4) is 0 Å². The molecule has 1 fully saturated rings. The molecule has 4 heteroatoms. The number of ether oxygens (including phenoxy) is 1. The van der Waals surface area contributed by atoms with Crippen LogP contribution in [-0.2, 0) is 9.53 Å². The Morgan fingerprint density at radius 1 is 1.22 bits per heavy atom. The standard InChI is InChI=1S/C14H17NO3/c1-9(2)18-14(17)12-10(3)15(12)13(16)11-7-5-4-6-8-11/h4-10,12H,1-3H3/t10-,12-,15?/m0/s1. The Kier molecular flexibility index (Phi) is 3.36. The van der Waals surface area contributed by atoms with Crippen molar-refractivity contribution >= 4 is 11.9 Å². The van der Waals surface area contributed by atoms with E-state index in [1.807, 2.05) is 25.1 Å². The van der Waals surface area contributed by atoms with Crippen molar-refractivity contribution in [3.05, 3.63) is 35.9 Å². The highest BCUT2D eigenvalue weighted by Gasteiger charge is 2.53. The third-order valence-corrected chi connectivity index (χ3v) is 2.95. The molecule has 1 saturated heterocycles. The highest BCUT2D eigenvalue weighted by Crippen LogP contribution is 2.31. The summed E-state index contributed by atoms with van der Waals surface area (Å²) in [6, 6.07) is 8.46. The summed E-state index contributed by atoms with van der Waals surface area (Å²) >= 11 is 0. The smallest absolute Gasteiger partial charge is 0.331 e. The number of esters is 1. The van der Waals surface area contributed by atoms with Crippen molar-refractivity contribution in [2.24, 2.45) is 0 Å². The molecule has 0 unspecified atom stereocenters. The average Bonchev–Trinajstić information content (AvgIpc) is 3.00. The van der Waals surface area contributed by atoms with Crippen molar-refractivity contribution in [3.63, 3.8) is 0 Å². The average molecular weight is 247 g/mol. The second-order valence-corrected chi connectivity index (χ2v) is 4.75. The number of hydrogen-bond acceptors (Lipinski definition) is 3. The Labute approximate surface area is 107 Å². The van der Waals surface area contributed by atoms with Gasteiger partial charge in [-0.2, -0.15) is 0 Å². The number of carbonyl (C=O) groups is 2. The van der Waals surface area contributed by atoms with Crippen LogP contribution >= 0.6 is 0 Å². The van der Waals surface area contributed by atoms with E-state index in [1.165, 1.54) is 0 Å². The van der Waals surface area contributed by atoms with Gasteiger partial charge in [-0.1, -0.05) is 18.2 Å². The van der Waals surface area contributed by atoms with Crippen LogP contribution in [0.2, 0.25) is 0 Å². The van der Waals surface area contributed by atoms with Gasteiger partial charge in [0.25, 0.3) is 5.91 Å². The molecule has 2 rings (SSSR count). The van der Waals surface area contributed by atoms with Gasteiger partial charge in [-0.25, -0.2) is 4.79 Å². The van der Waals surface area contributed by atoms with E-state index in [0.717, 1.165) is 0 Å². The lowest BCUT2D eigenvalue weighted by Crippen LogP contribution is -2.23. The van der Waals surface area contributed by atoms with Gasteiger partial charge in [0.2, 0.25) is 0 Å². The van der Waals surface area contributed by atoms with Gasteiger partial charge in [-0.05, 0) is 32.9 Å². The second kappa shape index (κ2) is 4.80. The molecule has 1 aliphatic heterocycles. The minimum Gasteiger partial charge on any atom is -0.461 e. The van der Waals surface area contributed by atoms with Crippen LogP contribution in [0.25, 0.3) is 0 Å².